The maximum atomic E-state index is 11.4. The van der Waals surface area contributed by atoms with E-state index in [0.29, 0.717) is 0 Å². The van der Waals surface area contributed by atoms with Gasteiger partial charge >= 0.3 is 5.97 Å². The molecule has 0 atom stereocenters. The molecule has 0 saturated heterocycles. The molecule has 0 amide bonds. The van der Waals surface area contributed by atoms with Crippen LogP contribution in [0, 0.1) is 0 Å². The van der Waals surface area contributed by atoms with Gasteiger partial charge in [0.1, 0.15) is 0 Å². The molecule has 3 nitrogen and oxygen atoms in total. The van der Waals surface area contributed by atoms with E-state index in [9.17, 15) is 4.79 Å². The van der Waals surface area contributed by atoms with Crippen molar-refractivity contribution < 1.29 is 14.3 Å². The van der Waals surface area contributed by atoms with E-state index in [1.807, 2.05) is 6.08 Å². The van der Waals surface area contributed by atoms with Crippen molar-refractivity contribution in [3.63, 3.8) is 0 Å². The number of carbonyl (C=O) groups is 1. The largest absolute Gasteiger partial charge is 0.484 e. The van der Waals surface area contributed by atoms with Crippen LogP contribution in [0.15, 0.2) is 12.3 Å². The molecule has 0 unspecified atom stereocenters. The molecule has 20 heavy (non-hydrogen) atoms. The molecule has 0 spiro atoms. The summed E-state index contributed by atoms with van der Waals surface area (Å²) in [6, 6.07) is 0. The summed E-state index contributed by atoms with van der Waals surface area (Å²) < 4.78 is 10.1. The van der Waals surface area contributed by atoms with Gasteiger partial charge in [0.15, 0.2) is 5.60 Å². The average Bonchev–Trinajstić information content (AvgIpc) is 2.43. The van der Waals surface area contributed by atoms with Crippen molar-refractivity contribution in [1.82, 2.24) is 0 Å². The number of allylic oxidation sites excluding steroid dienone is 1. The van der Waals surface area contributed by atoms with Gasteiger partial charge in [-0.05, 0) is 32.8 Å². The van der Waals surface area contributed by atoms with Gasteiger partial charge in [-0.3, -0.25) is 0 Å². The van der Waals surface area contributed by atoms with Crippen LogP contribution in [-0.4, -0.2) is 18.7 Å². The van der Waals surface area contributed by atoms with E-state index in [1.54, 1.807) is 20.1 Å². The molecule has 0 aliphatic heterocycles. The molecule has 0 heterocycles. The van der Waals surface area contributed by atoms with Crippen LogP contribution in [0.1, 0.15) is 78.6 Å². The smallest absolute Gasteiger partial charge is 0.349 e. The van der Waals surface area contributed by atoms with Gasteiger partial charge in [-0.25, -0.2) is 4.79 Å². The minimum atomic E-state index is -0.898. The van der Waals surface area contributed by atoms with E-state index in [-0.39, 0.29) is 5.97 Å². The number of esters is 1. The number of hydrogen-bond donors (Lipinski definition) is 0. The Morgan fingerprint density at radius 3 is 2.10 bits per heavy atom. The maximum absolute atomic E-state index is 11.4. The molecule has 0 fully saturated rings. The van der Waals surface area contributed by atoms with Crippen molar-refractivity contribution in [2.45, 2.75) is 84.2 Å². The summed E-state index contributed by atoms with van der Waals surface area (Å²) in [7, 11) is 1.37. The molecule has 0 aliphatic carbocycles. The molecule has 0 N–H and O–H groups in total. The average molecular weight is 284 g/mol. The van der Waals surface area contributed by atoms with Crippen molar-refractivity contribution in [2.24, 2.45) is 0 Å². The highest BCUT2D eigenvalue weighted by Crippen LogP contribution is 2.13. The molecule has 0 aromatic carbocycles. The first-order valence-corrected chi connectivity index (χ1v) is 7.96. The second-order valence-electron chi connectivity index (χ2n) is 5.76. The van der Waals surface area contributed by atoms with Crippen LogP contribution >= 0.6 is 0 Å². The van der Waals surface area contributed by atoms with Crippen LogP contribution < -0.4 is 0 Å². The lowest BCUT2D eigenvalue weighted by Crippen LogP contribution is -2.34. The quantitative estimate of drug-likeness (QED) is 0.287. The maximum Gasteiger partial charge on any atom is 0.349 e. The van der Waals surface area contributed by atoms with Crippen molar-refractivity contribution in [2.75, 3.05) is 7.11 Å². The lowest BCUT2D eigenvalue weighted by molar-refractivity contribution is -0.159. The molecule has 0 saturated carbocycles. The van der Waals surface area contributed by atoms with Gasteiger partial charge in [-0.1, -0.05) is 51.9 Å². The van der Waals surface area contributed by atoms with Gasteiger partial charge in [0.2, 0.25) is 0 Å². The summed E-state index contributed by atoms with van der Waals surface area (Å²) in [5.74, 6) is -0.353. The molecular weight excluding hydrogens is 252 g/mol. The Morgan fingerprint density at radius 2 is 1.55 bits per heavy atom. The Labute approximate surface area is 124 Å². The Kier molecular flexibility index (Phi) is 11.2. The molecule has 118 valence electrons. The Bertz CT molecular complexity index is 269. The highest BCUT2D eigenvalue weighted by atomic mass is 16.6. The van der Waals surface area contributed by atoms with Crippen LogP contribution in [0.5, 0.6) is 0 Å². The van der Waals surface area contributed by atoms with E-state index >= 15 is 0 Å². The SMILES string of the molecule is CCCCCCCCCCC=COC(C)(C)C(=O)OC. The van der Waals surface area contributed by atoms with Crippen molar-refractivity contribution in [1.29, 1.82) is 0 Å². The first-order valence-electron chi connectivity index (χ1n) is 7.96. The zero-order valence-corrected chi connectivity index (χ0v) is 13.7. The third kappa shape index (κ3) is 9.88. The number of methoxy groups -OCH3 is 1. The van der Waals surface area contributed by atoms with E-state index in [2.05, 4.69) is 11.7 Å². The molecule has 0 aliphatic rings. The van der Waals surface area contributed by atoms with Gasteiger partial charge in [-0.2, -0.15) is 0 Å². The number of carbonyl (C=O) groups excluding carboxylic acids is 1. The lowest BCUT2D eigenvalue weighted by Gasteiger charge is -2.20. The van der Waals surface area contributed by atoms with Crippen LogP contribution in [0.4, 0.5) is 0 Å². The summed E-state index contributed by atoms with van der Waals surface area (Å²) in [4.78, 5) is 11.4. The molecular formula is C17H32O3. The second-order valence-corrected chi connectivity index (χ2v) is 5.76. The van der Waals surface area contributed by atoms with E-state index in [4.69, 9.17) is 4.74 Å². The van der Waals surface area contributed by atoms with Crippen molar-refractivity contribution >= 4 is 5.97 Å². The minimum Gasteiger partial charge on any atom is -0.484 e. The molecule has 0 aromatic heterocycles. The fraction of sp³-hybridized carbons (Fsp3) is 0.824. The Balaban J connectivity index is 3.47. The van der Waals surface area contributed by atoms with E-state index < -0.39 is 5.60 Å². The number of hydrogen-bond acceptors (Lipinski definition) is 3. The first kappa shape index (κ1) is 19.0. The zero-order valence-electron chi connectivity index (χ0n) is 13.7. The van der Waals surface area contributed by atoms with Crippen molar-refractivity contribution in [3.05, 3.63) is 12.3 Å². The zero-order chi connectivity index (χ0) is 15.3. The van der Waals surface area contributed by atoms with Gasteiger partial charge in [0, 0.05) is 0 Å². The number of unbranched alkanes of at least 4 members (excludes halogenated alkanes) is 8. The summed E-state index contributed by atoms with van der Waals surface area (Å²) in [5.41, 5.74) is -0.898. The predicted octanol–water partition coefficient (Wildman–Crippen LogP) is 5.00. The second kappa shape index (κ2) is 11.8. The topological polar surface area (TPSA) is 35.5 Å². The van der Waals surface area contributed by atoms with Crippen LogP contribution in [0.25, 0.3) is 0 Å². The fourth-order valence-electron chi connectivity index (χ4n) is 1.98. The lowest BCUT2D eigenvalue weighted by atomic mass is 10.1. The van der Waals surface area contributed by atoms with Gasteiger partial charge < -0.3 is 9.47 Å². The summed E-state index contributed by atoms with van der Waals surface area (Å²) in [5, 5.41) is 0. The highest BCUT2D eigenvalue weighted by molar-refractivity contribution is 5.78. The Morgan fingerprint density at radius 1 is 1.00 bits per heavy atom. The summed E-state index contributed by atoms with van der Waals surface area (Å²) in [6.07, 6.45) is 15.2. The minimum absolute atomic E-state index is 0.353. The third-order valence-electron chi connectivity index (χ3n) is 3.36. The molecule has 0 radical (unpaired) electrons. The van der Waals surface area contributed by atoms with Gasteiger partial charge in [0.05, 0.1) is 13.4 Å². The van der Waals surface area contributed by atoms with Gasteiger partial charge in [-0.15, -0.1) is 0 Å². The first-order chi connectivity index (χ1) is 9.54. The Hall–Kier alpha value is -0.990. The highest BCUT2D eigenvalue weighted by Gasteiger charge is 2.29. The van der Waals surface area contributed by atoms with E-state index in [0.717, 1.165) is 6.42 Å². The van der Waals surface area contributed by atoms with Crippen LogP contribution in [0.2, 0.25) is 0 Å². The molecule has 3 heteroatoms. The van der Waals surface area contributed by atoms with E-state index in [1.165, 1.54) is 58.5 Å². The molecule has 0 rings (SSSR count). The molecule has 0 aromatic rings. The van der Waals surface area contributed by atoms with Crippen LogP contribution in [-0.2, 0) is 14.3 Å². The summed E-state index contributed by atoms with van der Waals surface area (Å²) in [6.45, 7) is 5.66. The number of rotatable bonds is 12. The predicted molar refractivity (Wildman–Crippen MR) is 83.5 cm³/mol. The summed E-state index contributed by atoms with van der Waals surface area (Å²) >= 11 is 0. The van der Waals surface area contributed by atoms with Gasteiger partial charge in [0.25, 0.3) is 0 Å². The fourth-order valence-corrected chi connectivity index (χ4v) is 1.98. The standard InChI is InChI=1S/C17H32O3/c1-5-6-7-8-9-10-11-12-13-14-15-20-17(2,3)16(18)19-4/h14-15H,5-13H2,1-4H3. The molecule has 0 bridgehead atoms. The number of ether oxygens (including phenoxy) is 2. The van der Waals surface area contributed by atoms with Crippen molar-refractivity contribution in [3.8, 4) is 0 Å². The third-order valence-corrected chi connectivity index (χ3v) is 3.36. The normalized spacial score (nSPS) is 11.8. The monoisotopic (exact) mass is 284 g/mol. The van der Waals surface area contributed by atoms with Crippen LogP contribution in [0.3, 0.4) is 0 Å².